The van der Waals surface area contributed by atoms with Crippen molar-refractivity contribution in [1.82, 2.24) is 5.32 Å². The Kier molecular flexibility index (Phi) is 5.99. The number of amides is 1. The van der Waals surface area contributed by atoms with E-state index in [1.807, 2.05) is 0 Å². The highest BCUT2D eigenvalue weighted by molar-refractivity contribution is 8.00. The summed E-state index contributed by atoms with van der Waals surface area (Å²) in [6.07, 6.45) is 1.81. The van der Waals surface area contributed by atoms with Gasteiger partial charge in [-0.1, -0.05) is 0 Å². The normalized spacial score (nSPS) is 20.5. The van der Waals surface area contributed by atoms with Crippen molar-refractivity contribution in [3.8, 4) is 0 Å². The SMILES string of the molecule is CS(=O)c1ccc(SCC(=O)NC2CCS(=O)(=O)C2)c([N+](=O)[O-])c1. The van der Waals surface area contributed by atoms with Gasteiger partial charge in [0, 0.05) is 23.3 Å². The third-order valence-corrected chi connectivity index (χ3v) is 7.16. The molecule has 1 aliphatic heterocycles. The fourth-order valence-electron chi connectivity index (χ4n) is 2.26. The molecule has 11 heteroatoms. The molecule has 1 heterocycles. The molecule has 0 aliphatic carbocycles. The minimum Gasteiger partial charge on any atom is -0.352 e. The zero-order chi connectivity index (χ0) is 17.9. The molecule has 1 fully saturated rings. The van der Waals surface area contributed by atoms with Gasteiger partial charge in [0.05, 0.1) is 37.9 Å². The summed E-state index contributed by atoms with van der Waals surface area (Å²) < 4.78 is 34.1. The molecular weight excluding hydrogens is 376 g/mol. The maximum absolute atomic E-state index is 11.9. The monoisotopic (exact) mass is 392 g/mol. The van der Waals surface area contributed by atoms with E-state index in [1.165, 1.54) is 24.5 Å². The van der Waals surface area contributed by atoms with Crippen LogP contribution in [0.15, 0.2) is 28.0 Å². The van der Waals surface area contributed by atoms with Crippen LogP contribution < -0.4 is 5.32 Å². The lowest BCUT2D eigenvalue weighted by atomic mass is 10.3. The lowest BCUT2D eigenvalue weighted by molar-refractivity contribution is -0.387. The van der Waals surface area contributed by atoms with Gasteiger partial charge in [0.25, 0.3) is 5.69 Å². The molecule has 1 amide bonds. The largest absolute Gasteiger partial charge is 0.352 e. The number of nitro groups is 1. The van der Waals surface area contributed by atoms with E-state index in [2.05, 4.69) is 5.32 Å². The molecule has 2 unspecified atom stereocenters. The van der Waals surface area contributed by atoms with Crippen LogP contribution in [0.4, 0.5) is 5.69 Å². The van der Waals surface area contributed by atoms with Crippen molar-refractivity contribution in [3.63, 3.8) is 0 Å². The Balaban J connectivity index is 1.99. The highest BCUT2D eigenvalue weighted by atomic mass is 32.2. The van der Waals surface area contributed by atoms with E-state index in [0.717, 1.165) is 11.8 Å². The molecule has 0 saturated carbocycles. The fourth-order valence-corrected chi connectivity index (χ4v) is 5.29. The number of thioether (sulfide) groups is 1. The van der Waals surface area contributed by atoms with E-state index >= 15 is 0 Å². The molecular formula is C13H16N2O6S3. The Bertz CT molecular complexity index is 793. The van der Waals surface area contributed by atoms with Gasteiger partial charge in [-0.2, -0.15) is 0 Å². The van der Waals surface area contributed by atoms with Gasteiger partial charge in [0.1, 0.15) is 0 Å². The number of nitrogens with one attached hydrogen (secondary N) is 1. The van der Waals surface area contributed by atoms with Crippen molar-refractivity contribution in [2.75, 3.05) is 23.5 Å². The first-order chi connectivity index (χ1) is 11.2. The minimum absolute atomic E-state index is 0.0617. The third-order valence-electron chi connectivity index (χ3n) is 3.42. The number of rotatable bonds is 6. The summed E-state index contributed by atoms with van der Waals surface area (Å²) in [4.78, 5) is 23.1. The number of hydrogen-bond acceptors (Lipinski definition) is 7. The standard InChI is InChI=1S/C13H16N2O6S3/c1-23(19)10-2-3-12(11(6-10)15(17)18)22-7-13(16)14-9-4-5-24(20,21)8-9/h2-3,6,9H,4-5,7-8H2,1H3,(H,14,16). The van der Waals surface area contributed by atoms with Crippen molar-refractivity contribution in [2.45, 2.75) is 22.3 Å². The second-order valence-electron chi connectivity index (χ2n) is 5.30. The lowest BCUT2D eigenvalue weighted by Gasteiger charge is -2.10. The van der Waals surface area contributed by atoms with Gasteiger partial charge in [-0.25, -0.2) is 8.42 Å². The van der Waals surface area contributed by atoms with Crippen LogP contribution in [0, 0.1) is 10.1 Å². The quantitative estimate of drug-likeness (QED) is 0.430. The van der Waals surface area contributed by atoms with Gasteiger partial charge in [-0.05, 0) is 18.6 Å². The van der Waals surface area contributed by atoms with Crippen molar-refractivity contribution in [1.29, 1.82) is 0 Å². The number of benzene rings is 1. The van der Waals surface area contributed by atoms with Gasteiger partial charge < -0.3 is 5.32 Å². The lowest BCUT2D eigenvalue weighted by Crippen LogP contribution is -2.36. The summed E-state index contributed by atoms with van der Waals surface area (Å²) >= 11 is 0.985. The topological polar surface area (TPSA) is 123 Å². The Morgan fingerprint density at radius 1 is 1.50 bits per heavy atom. The van der Waals surface area contributed by atoms with Gasteiger partial charge in [0.15, 0.2) is 9.84 Å². The number of sulfone groups is 1. The van der Waals surface area contributed by atoms with E-state index in [0.29, 0.717) is 16.2 Å². The maximum Gasteiger partial charge on any atom is 0.284 e. The smallest absolute Gasteiger partial charge is 0.284 e. The van der Waals surface area contributed by atoms with Crippen LogP contribution >= 0.6 is 11.8 Å². The van der Waals surface area contributed by atoms with Gasteiger partial charge >= 0.3 is 0 Å². The summed E-state index contributed by atoms with van der Waals surface area (Å²) in [7, 11) is -4.42. The van der Waals surface area contributed by atoms with Gasteiger partial charge in [-0.3, -0.25) is 19.1 Å². The summed E-state index contributed by atoms with van der Waals surface area (Å²) in [6, 6.07) is 3.82. The van der Waals surface area contributed by atoms with Crippen LogP contribution in [-0.4, -0.2) is 53.0 Å². The molecule has 132 valence electrons. The van der Waals surface area contributed by atoms with E-state index in [4.69, 9.17) is 0 Å². The van der Waals surface area contributed by atoms with Gasteiger partial charge in [-0.15, -0.1) is 11.8 Å². The Labute approximate surface area is 145 Å². The summed E-state index contributed by atoms with van der Waals surface area (Å²) in [5.74, 6) is -0.446. The molecule has 8 nitrogen and oxygen atoms in total. The molecule has 1 aromatic rings. The van der Waals surface area contributed by atoms with Crippen molar-refractivity contribution >= 4 is 44.0 Å². The molecule has 1 saturated heterocycles. The zero-order valence-electron chi connectivity index (χ0n) is 12.8. The Hall–Kier alpha value is -1.46. The van der Waals surface area contributed by atoms with Crippen molar-refractivity contribution in [2.24, 2.45) is 0 Å². The highest BCUT2D eigenvalue weighted by Gasteiger charge is 2.29. The number of nitrogens with zero attached hydrogens (tertiary/aromatic N) is 1. The van der Waals surface area contributed by atoms with E-state index in [1.54, 1.807) is 0 Å². The first-order valence-corrected chi connectivity index (χ1v) is 11.3. The predicted octanol–water partition coefficient (Wildman–Crippen LogP) is 0.728. The fraction of sp³-hybridized carbons (Fsp3) is 0.462. The Morgan fingerprint density at radius 2 is 2.21 bits per heavy atom. The number of hydrogen-bond donors (Lipinski definition) is 1. The van der Waals surface area contributed by atoms with Crippen LogP contribution in [0.25, 0.3) is 0 Å². The van der Waals surface area contributed by atoms with E-state index < -0.39 is 31.6 Å². The molecule has 1 aliphatic rings. The van der Waals surface area contributed by atoms with Crippen molar-refractivity contribution in [3.05, 3.63) is 28.3 Å². The molecule has 2 rings (SSSR count). The summed E-state index contributed by atoms with van der Waals surface area (Å²) in [5, 5.41) is 13.7. The first kappa shape index (κ1) is 18.9. The third kappa shape index (κ3) is 5.02. The van der Waals surface area contributed by atoms with Crippen LogP contribution in [0.1, 0.15) is 6.42 Å². The predicted molar refractivity (Wildman–Crippen MR) is 91.4 cm³/mol. The molecule has 0 bridgehead atoms. The second kappa shape index (κ2) is 7.62. The van der Waals surface area contributed by atoms with E-state index in [9.17, 15) is 27.5 Å². The molecule has 0 aromatic heterocycles. The molecule has 0 radical (unpaired) electrons. The summed E-state index contributed by atoms with van der Waals surface area (Å²) in [5.41, 5.74) is -0.205. The first-order valence-electron chi connectivity index (χ1n) is 6.92. The average molecular weight is 392 g/mol. The van der Waals surface area contributed by atoms with Crippen molar-refractivity contribution < 1.29 is 22.3 Å². The molecule has 1 N–H and O–H groups in total. The molecule has 24 heavy (non-hydrogen) atoms. The summed E-state index contributed by atoms with van der Waals surface area (Å²) in [6.45, 7) is 0. The molecule has 2 atom stereocenters. The molecule has 1 aromatic carbocycles. The van der Waals surface area contributed by atoms with Crippen LogP contribution in [0.5, 0.6) is 0 Å². The number of carbonyl (C=O) groups excluding carboxylic acids is 1. The average Bonchev–Trinajstić information content (AvgIpc) is 2.83. The van der Waals surface area contributed by atoms with Crippen LogP contribution in [-0.2, 0) is 25.4 Å². The maximum atomic E-state index is 11.9. The Morgan fingerprint density at radius 3 is 2.75 bits per heavy atom. The highest BCUT2D eigenvalue weighted by Crippen LogP contribution is 2.30. The zero-order valence-corrected chi connectivity index (χ0v) is 15.2. The number of nitro benzene ring substituents is 1. The van der Waals surface area contributed by atoms with Crippen LogP contribution in [0.2, 0.25) is 0 Å². The van der Waals surface area contributed by atoms with Gasteiger partial charge in [0.2, 0.25) is 5.91 Å². The second-order valence-corrected chi connectivity index (χ2v) is 9.92. The van der Waals surface area contributed by atoms with E-state index in [-0.39, 0.29) is 28.9 Å². The number of carbonyl (C=O) groups is 1. The van der Waals surface area contributed by atoms with Crippen LogP contribution in [0.3, 0.4) is 0 Å². The minimum atomic E-state index is -3.08. The molecule has 0 spiro atoms.